The van der Waals surface area contributed by atoms with Gasteiger partial charge < -0.3 is 15.4 Å². The molecular weight excluding hydrogens is 258 g/mol. The van der Waals surface area contributed by atoms with Gasteiger partial charge in [-0.05, 0) is 26.0 Å². The third-order valence-electron chi connectivity index (χ3n) is 2.89. The molecule has 1 amide bonds. The van der Waals surface area contributed by atoms with Crippen LogP contribution in [0.3, 0.4) is 0 Å². The van der Waals surface area contributed by atoms with Crippen molar-refractivity contribution in [2.45, 2.75) is 19.9 Å². The Kier molecular flexibility index (Phi) is 4.52. The fourth-order valence-corrected chi connectivity index (χ4v) is 1.79. The second-order valence-electron chi connectivity index (χ2n) is 4.52. The minimum absolute atomic E-state index is 0.113. The van der Waals surface area contributed by atoms with Gasteiger partial charge in [0, 0.05) is 19.3 Å². The molecule has 2 aromatic heterocycles. The molecule has 1 unspecified atom stereocenters. The number of carbonyl (C=O) groups excluding carboxylic acids is 1. The van der Waals surface area contributed by atoms with E-state index < -0.39 is 6.04 Å². The molecule has 2 rings (SSSR count). The Bertz CT molecular complexity index is 595. The third kappa shape index (κ3) is 3.24. The van der Waals surface area contributed by atoms with Crippen molar-refractivity contribution in [2.75, 3.05) is 25.6 Å². The number of hydrogen-bond donors (Lipinski definition) is 2. The summed E-state index contributed by atoms with van der Waals surface area (Å²) in [6.07, 6.45) is 0. The first-order chi connectivity index (χ1) is 9.61. The Balaban J connectivity index is 2.00. The first-order valence-electron chi connectivity index (χ1n) is 6.47. The molecule has 1 atom stereocenters. The Labute approximate surface area is 117 Å². The molecule has 0 radical (unpaired) electrons. The first kappa shape index (κ1) is 14.3. The van der Waals surface area contributed by atoms with E-state index in [1.807, 2.05) is 25.1 Å². The van der Waals surface area contributed by atoms with Gasteiger partial charge in [-0.25, -0.2) is 4.52 Å². The fourth-order valence-electron chi connectivity index (χ4n) is 1.79. The van der Waals surface area contributed by atoms with E-state index in [0.717, 1.165) is 11.3 Å². The molecule has 0 saturated heterocycles. The van der Waals surface area contributed by atoms with Gasteiger partial charge in [0.25, 0.3) is 0 Å². The summed E-state index contributed by atoms with van der Waals surface area (Å²) in [5.74, 6) is 0.325. The molecule has 0 fully saturated rings. The summed E-state index contributed by atoms with van der Waals surface area (Å²) in [6, 6.07) is 5.33. The number of nitrogens with one attached hydrogen (secondary N) is 2. The average molecular weight is 277 g/mol. The molecule has 7 nitrogen and oxygen atoms in total. The smallest absolute Gasteiger partial charge is 0.243 e. The van der Waals surface area contributed by atoms with Crippen molar-refractivity contribution in [1.82, 2.24) is 19.9 Å². The largest absolute Gasteiger partial charge is 0.383 e. The van der Waals surface area contributed by atoms with E-state index in [4.69, 9.17) is 4.74 Å². The summed E-state index contributed by atoms with van der Waals surface area (Å²) in [6.45, 7) is 4.69. The molecule has 0 aliphatic rings. The van der Waals surface area contributed by atoms with Crippen LogP contribution in [0.5, 0.6) is 0 Å². The van der Waals surface area contributed by atoms with Crippen molar-refractivity contribution in [2.24, 2.45) is 0 Å². The third-order valence-corrected chi connectivity index (χ3v) is 2.89. The number of ether oxygens (including phenoxy) is 1. The van der Waals surface area contributed by atoms with Crippen LogP contribution in [-0.4, -0.2) is 46.8 Å². The Morgan fingerprint density at radius 2 is 2.30 bits per heavy atom. The maximum atomic E-state index is 11.8. The number of pyridine rings is 1. The van der Waals surface area contributed by atoms with E-state index in [2.05, 4.69) is 20.7 Å². The van der Waals surface area contributed by atoms with Gasteiger partial charge in [-0.3, -0.25) is 4.79 Å². The lowest BCUT2D eigenvalue weighted by Gasteiger charge is -2.12. The number of anilines is 1. The van der Waals surface area contributed by atoms with Crippen molar-refractivity contribution in [3.8, 4) is 0 Å². The minimum Gasteiger partial charge on any atom is -0.383 e. The number of methoxy groups -OCH3 is 1. The molecule has 7 heteroatoms. The normalized spacial score (nSPS) is 12.3. The number of aromatic nitrogens is 3. The highest BCUT2D eigenvalue weighted by Gasteiger charge is 2.14. The van der Waals surface area contributed by atoms with Crippen molar-refractivity contribution in [1.29, 1.82) is 0 Å². The van der Waals surface area contributed by atoms with E-state index in [-0.39, 0.29) is 5.91 Å². The van der Waals surface area contributed by atoms with Crippen LogP contribution in [0.4, 0.5) is 5.95 Å². The molecular formula is C13H19N5O2. The molecule has 2 N–H and O–H groups in total. The van der Waals surface area contributed by atoms with Crippen molar-refractivity contribution >= 4 is 17.5 Å². The summed E-state index contributed by atoms with van der Waals surface area (Å²) >= 11 is 0. The molecule has 0 aliphatic heterocycles. The van der Waals surface area contributed by atoms with E-state index in [0.29, 0.717) is 19.1 Å². The first-order valence-corrected chi connectivity index (χ1v) is 6.47. The molecule has 0 bridgehead atoms. The zero-order valence-electron chi connectivity index (χ0n) is 11.9. The van der Waals surface area contributed by atoms with Crippen LogP contribution in [0.1, 0.15) is 12.6 Å². The SMILES string of the molecule is COCCNC(=O)C(C)Nc1nc2cccc(C)n2n1. The molecule has 0 aliphatic carbocycles. The van der Waals surface area contributed by atoms with Crippen LogP contribution in [-0.2, 0) is 9.53 Å². The molecule has 0 saturated carbocycles. The summed E-state index contributed by atoms with van der Waals surface area (Å²) < 4.78 is 6.61. The summed E-state index contributed by atoms with van der Waals surface area (Å²) in [5, 5.41) is 10.1. The quantitative estimate of drug-likeness (QED) is 0.756. The van der Waals surface area contributed by atoms with Gasteiger partial charge in [-0.15, -0.1) is 5.10 Å². The fraction of sp³-hybridized carbons (Fsp3) is 0.462. The van der Waals surface area contributed by atoms with Crippen molar-refractivity contribution in [3.63, 3.8) is 0 Å². The average Bonchev–Trinajstić information content (AvgIpc) is 2.83. The number of fused-ring (bicyclic) bond motifs is 1. The zero-order valence-corrected chi connectivity index (χ0v) is 11.9. The predicted octanol–water partition coefficient (Wildman–Crippen LogP) is 0.601. The molecule has 2 heterocycles. The van der Waals surface area contributed by atoms with Gasteiger partial charge in [0.1, 0.15) is 6.04 Å². The molecule has 0 spiro atoms. The van der Waals surface area contributed by atoms with Crippen LogP contribution in [0.15, 0.2) is 18.2 Å². The topological polar surface area (TPSA) is 80.5 Å². The van der Waals surface area contributed by atoms with Gasteiger partial charge in [0.2, 0.25) is 11.9 Å². The second-order valence-corrected chi connectivity index (χ2v) is 4.52. The van der Waals surface area contributed by atoms with Crippen LogP contribution >= 0.6 is 0 Å². The van der Waals surface area contributed by atoms with Gasteiger partial charge in [0.05, 0.1) is 6.61 Å². The van der Waals surface area contributed by atoms with Gasteiger partial charge >= 0.3 is 0 Å². The highest BCUT2D eigenvalue weighted by molar-refractivity contribution is 5.83. The lowest BCUT2D eigenvalue weighted by atomic mass is 10.3. The van der Waals surface area contributed by atoms with Crippen LogP contribution in [0.2, 0.25) is 0 Å². The number of carbonyl (C=O) groups is 1. The summed E-state index contributed by atoms with van der Waals surface area (Å²) in [4.78, 5) is 16.1. The van der Waals surface area contributed by atoms with E-state index in [1.165, 1.54) is 0 Å². The number of rotatable bonds is 6. The maximum absolute atomic E-state index is 11.8. The standard InChI is InChI=1S/C13H19N5O2/c1-9-5-4-6-11-16-13(17-18(9)11)15-10(2)12(19)14-7-8-20-3/h4-6,10H,7-8H2,1-3H3,(H,14,19)(H,15,17). The minimum atomic E-state index is -0.412. The van der Waals surface area contributed by atoms with E-state index in [9.17, 15) is 4.79 Å². The zero-order chi connectivity index (χ0) is 14.5. The molecule has 2 aromatic rings. The molecule has 0 aromatic carbocycles. The van der Waals surface area contributed by atoms with Crippen LogP contribution in [0, 0.1) is 6.92 Å². The van der Waals surface area contributed by atoms with Gasteiger partial charge in [-0.1, -0.05) is 6.07 Å². The van der Waals surface area contributed by atoms with Crippen LogP contribution in [0.25, 0.3) is 5.65 Å². The second kappa shape index (κ2) is 6.33. The maximum Gasteiger partial charge on any atom is 0.243 e. The number of aryl methyl sites for hydroxylation is 1. The van der Waals surface area contributed by atoms with Crippen LogP contribution < -0.4 is 10.6 Å². The van der Waals surface area contributed by atoms with E-state index in [1.54, 1.807) is 18.5 Å². The monoisotopic (exact) mass is 277 g/mol. The predicted molar refractivity (Wildman–Crippen MR) is 75.7 cm³/mol. The van der Waals surface area contributed by atoms with Gasteiger partial charge in [-0.2, -0.15) is 4.98 Å². The van der Waals surface area contributed by atoms with E-state index >= 15 is 0 Å². The lowest BCUT2D eigenvalue weighted by molar-refractivity contribution is -0.121. The van der Waals surface area contributed by atoms with Crippen molar-refractivity contribution < 1.29 is 9.53 Å². The molecule has 20 heavy (non-hydrogen) atoms. The molecule has 108 valence electrons. The summed E-state index contributed by atoms with van der Waals surface area (Å²) in [5.41, 5.74) is 1.74. The highest BCUT2D eigenvalue weighted by atomic mass is 16.5. The Morgan fingerprint density at radius 1 is 1.50 bits per heavy atom. The highest BCUT2D eigenvalue weighted by Crippen LogP contribution is 2.08. The Hall–Kier alpha value is -2.15. The number of nitrogens with zero attached hydrogens (tertiary/aromatic N) is 3. The van der Waals surface area contributed by atoms with Crippen molar-refractivity contribution in [3.05, 3.63) is 23.9 Å². The lowest BCUT2D eigenvalue weighted by Crippen LogP contribution is -2.39. The Morgan fingerprint density at radius 3 is 3.00 bits per heavy atom. The van der Waals surface area contributed by atoms with Gasteiger partial charge in [0.15, 0.2) is 5.65 Å². The summed E-state index contributed by atoms with van der Waals surface area (Å²) in [7, 11) is 1.59. The number of hydrogen-bond acceptors (Lipinski definition) is 5. The number of amides is 1.